The Hall–Kier alpha value is -1.34. The van der Waals surface area contributed by atoms with E-state index in [1.807, 2.05) is 51.7 Å². The van der Waals surface area contributed by atoms with Crippen molar-refractivity contribution in [1.29, 1.82) is 0 Å². The molecular formula is C18H24N2O3S2. The number of hydrogen-bond acceptors (Lipinski definition) is 4. The van der Waals surface area contributed by atoms with Crippen LogP contribution in [0.5, 0.6) is 0 Å². The number of rotatable bonds is 1. The van der Waals surface area contributed by atoms with Crippen molar-refractivity contribution >= 4 is 38.4 Å². The Kier molecular flexibility index (Phi) is 4.52. The van der Waals surface area contributed by atoms with E-state index in [9.17, 15) is 13.2 Å². The number of nitrogens with zero attached hydrogens (tertiary/aromatic N) is 2. The van der Waals surface area contributed by atoms with Crippen LogP contribution in [0, 0.1) is 19.3 Å². The fraction of sp³-hybridized carbons (Fsp3) is 0.556. The molecule has 0 bridgehead atoms. The Bertz CT molecular complexity index is 833. The van der Waals surface area contributed by atoms with Crippen LogP contribution in [0.15, 0.2) is 23.2 Å². The monoisotopic (exact) mass is 380 g/mol. The predicted molar refractivity (Wildman–Crippen MR) is 104 cm³/mol. The number of amidine groups is 1. The second kappa shape index (κ2) is 6.13. The highest BCUT2D eigenvalue weighted by Gasteiger charge is 2.49. The summed E-state index contributed by atoms with van der Waals surface area (Å²) in [6, 6.07) is 5.96. The maximum Gasteiger partial charge on any atom is 0.253 e. The molecule has 0 aliphatic carbocycles. The lowest BCUT2D eigenvalue weighted by Gasteiger charge is -2.26. The number of sulfone groups is 1. The van der Waals surface area contributed by atoms with Gasteiger partial charge in [0.05, 0.1) is 17.5 Å². The first kappa shape index (κ1) is 18.5. The van der Waals surface area contributed by atoms with Crippen LogP contribution in [0.3, 0.4) is 0 Å². The molecule has 0 unspecified atom stereocenters. The number of aliphatic imine (C=N–C) groups is 1. The van der Waals surface area contributed by atoms with Crippen molar-refractivity contribution in [1.82, 2.24) is 0 Å². The van der Waals surface area contributed by atoms with Crippen molar-refractivity contribution in [3.05, 3.63) is 29.3 Å². The van der Waals surface area contributed by atoms with Crippen molar-refractivity contribution in [2.45, 2.75) is 45.9 Å². The van der Waals surface area contributed by atoms with Gasteiger partial charge >= 0.3 is 0 Å². The second-order valence-corrected chi connectivity index (χ2v) is 11.3. The van der Waals surface area contributed by atoms with Crippen LogP contribution < -0.4 is 4.90 Å². The Balaban J connectivity index is 2.07. The van der Waals surface area contributed by atoms with Gasteiger partial charge in [-0.3, -0.25) is 4.79 Å². The molecule has 1 amide bonds. The van der Waals surface area contributed by atoms with Crippen LogP contribution in [-0.2, 0) is 14.6 Å². The van der Waals surface area contributed by atoms with Crippen LogP contribution in [0.2, 0.25) is 0 Å². The van der Waals surface area contributed by atoms with Crippen molar-refractivity contribution in [3.63, 3.8) is 0 Å². The largest absolute Gasteiger partial charge is 0.316 e. The highest BCUT2D eigenvalue weighted by Crippen LogP contribution is 2.41. The minimum absolute atomic E-state index is 0.0719. The Morgan fingerprint density at radius 1 is 1.16 bits per heavy atom. The maximum absolute atomic E-state index is 12.4. The van der Waals surface area contributed by atoms with E-state index in [-0.39, 0.29) is 28.7 Å². The number of carbonyl (C=O) groups excluding carboxylic acids is 1. The molecule has 0 aromatic heterocycles. The van der Waals surface area contributed by atoms with Gasteiger partial charge in [0.1, 0.15) is 0 Å². The average Bonchev–Trinajstić information content (AvgIpc) is 2.87. The van der Waals surface area contributed by atoms with E-state index in [2.05, 4.69) is 11.1 Å². The molecule has 0 radical (unpaired) electrons. The minimum Gasteiger partial charge on any atom is -0.316 e. The lowest BCUT2D eigenvalue weighted by Crippen LogP contribution is -2.38. The van der Waals surface area contributed by atoms with Crippen LogP contribution in [0.1, 0.15) is 31.9 Å². The van der Waals surface area contributed by atoms with E-state index in [0.717, 1.165) is 16.8 Å². The van der Waals surface area contributed by atoms with Gasteiger partial charge in [-0.1, -0.05) is 38.6 Å². The fourth-order valence-corrected chi connectivity index (χ4v) is 7.12. The molecule has 7 heteroatoms. The van der Waals surface area contributed by atoms with Crippen LogP contribution in [0.4, 0.5) is 5.69 Å². The van der Waals surface area contributed by atoms with Gasteiger partial charge in [0.15, 0.2) is 15.0 Å². The highest BCUT2D eigenvalue weighted by molar-refractivity contribution is 8.16. The summed E-state index contributed by atoms with van der Waals surface area (Å²) >= 11 is 1.42. The highest BCUT2D eigenvalue weighted by atomic mass is 32.2. The zero-order chi connectivity index (χ0) is 18.6. The predicted octanol–water partition coefficient (Wildman–Crippen LogP) is 2.95. The fourth-order valence-electron chi connectivity index (χ4n) is 3.21. The molecular weight excluding hydrogens is 356 g/mol. The number of thioether (sulfide) groups is 1. The van der Waals surface area contributed by atoms with Crippen molar-refractivity contribution in [2.75, 3.05) is 16.4 Å². The summed E-state index contributed by atoms with van der Waals surface area (Å²) in [6.45, 7) is 9.54. The molecule has 1 aromatic rings. The molecule has 3 rings (SSSR count). The first-order chi connectivity index (χ1) is 11.5. The van der Waals surface area contributed by atoms with E-state index in [1.165, 1.54) is 11.8 Å². The molecule has 136 valence electrons. The van der Waals surface area contributed by atoms with Gasteiger partial charge in [-0.2, -0.15) is 4.99 Å². The third kappa shape index (κ3) is 3.77. The molecule has 25 heavy (non-hydrogen) atoms. The first-order valence-electron chi connectivity index (χ1n) is 8.34. The number of aryl methyl sites for hydroxylation is 2. The topological polar surface area (TPSA) is 66.8 Å². The van der Waals surface area contributed by atoms with E-state index in [4.69, 9.17) is 0 Å². The third-order valence-electron chi connectivity index (χ3n) is 4.39. The zero-order valence-electron chi connectivity index (χ0n) is 15.2. The van der Waals surface area contributed by atoms with E-state index in [0.29, 0.717) is 5.17 Å². The van der Waals surface area contributed by atoms with Gasteiger partial charge < -0.3 is 4.90 Å². The summed E-state index contributed by atoms with van der Waals surface area (Å²) in [5.41, 5.74) is 2.55. The Labute approximate surface area is 153 Å². The van der Waals surface area contributed by atoms with Crippen molar-refractivity contribution in [2.24, 2.45) is 10.4 Å². The standard InChI is InChI=1S/C18H24N2O3S2/c1-11-6-12(2)8-13(7-11)20-14-9-25(22,23)10-15(14)24-17(20)19-16(21)18(3,4)5/h6-8,14-15H,9-10H2,1-5H3/t14-,15+/m0/s1. The second-order valence-electron chi connectivity index (χ2n) is 7.97. The number of amides is 1. The summed E-state index contributed by atoms with van der Waals surface area (Å²) in [5.74, 6) is 0.0689. The van der Waals surface area contributed by atoms with E-state index >= 15 is 0 Å². The summed E-state index contributed by atoms with van der Waals surface area (Å²) in [4.78, 5) is 18.8. The molecule has 1 aromatic carbocycles. The Morgan fingerprint density at radius 2 is 1.76 bits per heavy atom. The summed E-state index contributed by atoms with van der Waals surface area (Å²) in [5, 5.41) is 0.548. The summed E-state index contributed by atoms with van der Waals surface area (Å²) in [7, 11) is -3.05. The molecule has 0 spiro atoms. The van der Waals surface area contributed by atoms with Gasteiger partial charge in [-0.25, -0.2) is 8.42 Å². The number of carbonyl (C=O) groups is 1. The normalized spacial score (nSPS) is 26.9. The minimum atomic E-state index is -3.05. The number of anilines is 1. The van der Waals surface area contributed by atoms with Crippen LogP contribution in [-0.4, -0.2) is 42.3 Å². The van der Waals surface area contributed by atoms with Gasteiger partial charge in [-0.15, -0.1) is 0 Å². The zero-order valence-corrected chi connectivity index (χ0v) is 16.9. The molecule has 2 aliphatic rings. The summed E-state index contributed by atoms with van der Waals surface area (Å²) in [6.07, 6.45) is 0. The van der Waals surface area contributed by atoms with Gasteiger partial charge in [0.25, 0.3) is 5.91 Å². The lowest BCUT2D eigenvalue weighted by atomic mass is 9.96. The van der Waals surface area contributed by atoms with Crippen LogP contribution >= 0.6 is 11.8 Å². The molecule has 0 N–H and O–H groups in total. The van der Waals surface area contributed by atoms with E-state index in [1.54, 1.807) is 0 Å². The number of fused-ring (bicyclic) bond motifs is 1. The van der Waals surface area contributed by atoms with Crippen LogP contribution in [0.25, 0.3) is 0 Å². The molecule has 2 saturated heterocycles. The van der Waals surface area contributed by atoms with Crippen molar-refractivity contribution in [3.8, 4) is 0 Å². The smallest absolute Gasteiger partial charge is 0.253 e. The van der Waals surface area contributed by atoms with Gasteiger partial charge in [-0.05, 0) is 37.1 Å². The summed E-state index contributed by atoms with van der Waals surface area (Å²) < 4.78 is 24.2. The number of benzene rings is 1. The number of hydrogen-bond donors (Lipinski definition) is 0. The molecule has 2 fully saturated rings. The quantitative estimate of drug-likeness (QED) is 0.749. The van der Waals surface area contributed by atoms with Crippen molar-refractivity contribution < 1.29 is 13.2 Å². The molecule has 5 nitrogen and oxygen atoms in total. The van der Waals surface area contributed by atoms with Gasteiger partial charge in [0.2, 0.25) is 0 Å². The third-order valence-corrected chi connectivity index (χ3v) is 7.60. The van der Waals surface area contributed by atoms with E-state index < -0.39 is 15.3 Å². The molecule has 0 saturated carbocycles. The molecule has 2 aliphatic heterocycles. The molecule has 2 heterocycles. The first-order valence-corrected chi connectivity index (χ1v) is 11.0. The molecule has 2 atom stereocenters. The average molecular weight is 381 g/mol. The van der Waals surface area contributed by atoms with Gasteiger partial charge in [0, 0.05) is 16.4 Å². The SMILES string of the molecule is Cc1cc(C)cc(N2C(=NC(=O)C(C)(C)C)S[C@@H]3CS(=O)(=O)C[C@@H]32)c1. The lowest BCUT2D eigenvalue weighted by molar-refractivity contribution is -0.124. The maximum atomic E-state index is 12.4. The Morgan fingerprint density at radius 3 is 2.32 bits per heavy atom.